The quantitative estimate of drug-likeness (QED) is 0.577. The minimum atomic E-state index is -3.98. The first kappa shape index (κ1) is 21.9. The first-order valence-electron chi connectivity index (χ1n) is 9.39. The average Bonchev–Trinajstić information content (AvgIpc) is 2.69. The fourth-order valence-electron chi connectivity index (χ4n) is 3.15. The fourth-order valence-corrected chi connectivity index (χ4v) is 4.69. The lowest BCUT2D eigenvalue weighted by molar-refractivity contribution is -0.114. The van der Waals surface area contributed by atoms with Gasteiger partial charge < -0.3 is 5.32 Å². The van der Waals surface area contributed by atoms with Crippen molar-refractivity contribution in [3.05, 3.63) is 88.4 Å². The lowest BCUT2D eigenvalue weighted by Crippen LogP contribution is -2.38. The summed E-state index contributed by atoms with van der Waals surface area (Å²) >= 11 is 5.91. The van der Waals surface area contributed by atoms with Gasteiger partial charge in [-0.1, -0.05) is 41.9 Å². The normalized spacial score (nSPS) is 11.2. The summed E-state index contributed by atoms with van der Waals surface area (Å²) < 4.78 is 27.9. The molecule has 0 aliphatic rings. The van der Waals surface area contributed by atoms with Crippen LogP contribution < -0.4 is 9.62 Å². The van der Waals surface area contributed by atoms with Gasteiger partial charge in [0.05, 0.1) is 10.6 Å². The Hall–Kier alpha value is -2.83. The van der Waals surface area contributed by atoms with E-state index < -0.39 is 15.9 Å². The summed E-state index contributed by atoms with van der Waals surface area (Å²) in [4.78, 5) is 12.9. The molecule has 0 aromatic heterocycles. The highest BCUT2D eigenvalue weighted by Gasteiger charge is 2.27. The molecule has 0 aliphatic carbocycles. The highest BCUT2D eigenvalue weighted by atomic mass is 35.5. The lowest BCUT2D eigenvalue weighted by Gasteiger charge is -2.25. The molecule has 156 valence electrons. The number of hydrogen-bond acceptors (Lipinski definition) is 3. The highest BCUT2D eigenvalue weighted by molar-refractivity contribution is 7.92. The molecule has 5 nitrogen and oxygen atoms in total. The van der Waals surface area contributed by atoms with Gasteiger partial charge in [0.1, 0.15) is 6.54 Å². The number of para-hydroxylation sites is 1. The Morgan fingerprint density at radius 2 is 1.53 bits per heavy atom. The maximum Gasteiger partial charge on any atom is 0.264 e. The van der Waals surface area contributed by atoms with Crippen LogP contribution >= 0.6 is 11.6 Å². The summed E-state index contributed by atoms with van der Waals surface area (Å²) in [5, 5.41) is 3.29. The van der Waals surface area contributed by atoms with Gasteiger partial charge in [-0.25, -0.2) is 8.42 Å². The van der Waals surface area contributed by atoms with Crippen molar-refractivity contribution in [2.24, 2.45) is 0 Å². The monoisotopic (exact) mass is 442 g/mol. The van der Waals surface area contributed by atoms with Crippen LogP contribution in [0.5, 0.6) is 0 Å². The van der Waals surface area contributed by atoms with Gasteiger partial charge in [0.15, 0.2) is 0 Å². The van der Waals surface area contributed by atoms with Crippen LogP contribution in [0.15, 0.2) is 71.6 Å². The predicted octanol–water partition coefficient (Wildman–Crippen LogP) is 5.10. The van der Waals surface area contributed by atoms with Crippen LogP contribution in [-0.4, -0.2) is 20.9 Å². The molecule has 0 bridgehead atoms. The molecule has 1 amide bonds. The van der Waals surface area contributed by atoms with E-state index in [1.807, 2.05) is 45.0 Å². The Kier molecular flexibility index (Phi) is 6.48. The second kappa shape index (κ2) is 8.90. The zero-order chi connectivity index (χ0) is 21.9. The van der Waals surface area contributed by atoms with E-state index in [2.05, 4.69) is 5.32 Å². The van der Waals surface area contributed by atoms with E-state index >= 15 is 0 Å². The molecule has 3 aromatic carbocycles. The number of sulfonamides is 1. The minimum absolute atomic E-state index is 0.0632. The number of hydrogen-bond donors (Lipinski definition) is 1. The van der Waals surface area contributed by atoms with Gasteiger partial charge in [-0.3, -0.25) is 9.10 Å². The summed E-state index contributed by atoms with van der Waals surface area (Å²) in [7, 11) is -3.98. The Morgan fingerprint density at radius 3 is 2.13 bits per heavy atom. The molecule has 0 fully saturated rings. The summed E-state index contributed by atoms with van der Waals surface area (Å²) in [6.07, 6.45) is 0. The molecule has 0 unspecified atom stereocenters. The fraction of sp³-hybridized carbons (Fsp3) is 0.174. The van der Waals surface area contributed by atoms with Crippen molar-refractivity contribution in [2.75, 3.05) is 16.2 Å². The predicted molar refractivity (Wildman–Crippen MR) is 122 cm³/mol. The van der Waals surface area contributed by atoms with E-state index in [-0.39, 0.29) is 11.4 Å². The maximum atomic E-state index is 13.4. The highest BCUT2D eigenvalue weighted by Crippen LogP contribution is 2.26. The van der Waals surface area contributed by atoms with Crippen molar-refractivity contribution in [3.8, 4) is 0 Å². The number of nitrogens with zero attached hydrogens (tertiary/aromatic N) is 1. The van der Waals surface area contributed by atoms with E-state index in [9.17, 15) is 13.2 Å². The maximum absolute atomic E-state index is 13.4. The molecule has 3 rings (SSSR count). The van der Waals surface area contributed by atoms with Gasteiger partial charge in [-0.2, -0.15) is 0 Å². The summed E-state index contributed by atoms with van der Waals surface area (Å²) in [5.41, 5.74) is 3.81. The molecule has 0 aliphatic heterocycles. The van der Waals surface area contributed by atoms with E-state index in [0.717, 1.165) is 21.0 Å². The van der Waals surface area contributed by atoms with Gasteiger partial charge in [0.2, 0.25) is 5.91 Å². The van der Waals surface area contributed by atoms with Crippen molar-refractivity contribution in [2.45, 2.75) is 25.7 Å². The van der Waals surface area contributed by atoms with Crippen LogP contribution in [0.2, 0.25) is 5.02 Å². The van der Waals surface area contributed by atoms with E-state index in [4.69, 9.17) is 11.6 Å². The van der Waals surface area contributed by atoms with Crippen LogP contribution in [0, 0.1) is 20.8 Å². The topological polar surface area (TPSA) is 66.5 Å². The molecule has 0 radical (unpaired) electrons. The molecule has 7 heteroatoms. The number of benzene rings is 3. The Bertz CT molecular complexity index is 1160. The molecule has 0 heterocycles. The van der Waals surface area contributed by atoms with E-state index in [0.29, 0.717) is 16.4 Å². The van der Waals surface area contributed by atoms with Crippen LogP contribution in [0.3, 0.4) is 0 Å². The molecular weight excluding hydrogens is 420 g/mol. The Morgan fingerprint density at radius 1 is 0.933 bits per heavy atom. The number of carbonyl (C=O) groups is 1. The number of aryl methyl sites for hydroxylation is 3. The number of amides is 1. The van der Waals surface area contributed by atoms with Gasteiger partial charge in [0.25, 0.3) is 10.0 Å². The number of carbonyl (C=O) groups excluding carboxylic acids is 1. The SMILES string of the molecule is Cc1cccc(N(CC(=O)Nc2c(C)cccc2C)S(=O)(=O)c2ccc(Cl)cc2)c1. The number of anilines is 2. The molecule has 0 spiro atoms. The largest absolute Gasteiger partial charge is 0.324 e. The molecule has 0 saturated heterocycles. The molecule has 3 aromatic rings. The number of halogens is 1. The third-order valence-corrected chi connectivity index (χ3v) is 6.76. The first-order chi connectivity index (χ1) is 14.2. The Balaban J connectivity index is 1.98. The smallest absolute Gasteiger partial charge is 0.264 e. The number of nitrogens with one attached hydrogen (secondary N) is 1. The van der Waals surface area contributed by atoms with Crippen molar-refractivity contribution < 1.29 is 13.2 Å². The van der Waals surface area contributed by atoms with Gasteiger partial charge in [0, 0.05) is 10.7 Å². The van der Waals surface area contributed by atoms with Gasteiger partial charge in [-0.05, 0) is 73.9 Å². The molecular formula is C23H23ClN2O3S. The van der Waals surface area contributed by atoms with Crippen LogP contribution in [0.1, 0.15) is 16.7 Å². The molecule has 30 heavy (non-hydrogen) atoms. The molecule has 0 atom stereocenters. The van der Waals surface area contributed by atoms with Crippen molar-refractivity contribution in [3.63, 3.8) is 0 Å². The van der Waals surface area contributed by atoms with Crippen molar-refractivity contribution in [1.82, 2.24) is 0 Å². The average molecular weight is 443 g/mol. The summed E-state index contributed by atoms with van der Waals surface area (Å²) in [6, 6.07) is 18.6. The second-order valence-electron chi connectivity index (χ2n) is 7.12. The van der Waals surface area contributed by atoms with Crippen LogP contribution in [0.4, 0.5) is 11.4 Å². The zero-order valence-electron chi connectivity index (χ0n) is 17.0. The third-order valence-electron chi connectivity index (χ3n) is 4.72. The Labute approximate surface area is 182 Å². The first-order valence-corrected chi connectivity index (χ1v) is 11.2. The second-order valence-corrected chi connectivity index (χ2v) is 9.42. The van der Waals surface area contributed by atoms with Crippen LogP contribution in [-0.2, 0) is 14.8 Å². The summed E-state index contributed by atoms with van der Waals surface area (Å²) in [6.45, 7) is 5.30. The standard InChI is InChI=1S/C23H23ClN2O3S/c1-16-6-4-9-20(14-16)26(30(28,29)21-12-10-19(24)11-13-21)15-22(27)25-23-17(2)7-5-8-18(23)3/h4-14H,15H2,1-3H3,(H,25,27). The van der Waals surface area contributed by atoms with Crippen LogP contribution in [0.25, 0.3) is 0 Å². The summed E-state index contributed by atoms with van der Waals surface area (Å²) in [5.74, 6) is -0.425. The van der Waals surface area contributed by atoms with E-state index in [1.165, 1.54) is 24.3 Å². The van der Waals surface area contributed by atoms with Crippen molar-refractivity contribution >= 4 is 38.9 Å². The third kappa shape index (κ3) is 4.83. The molecule has 1 N–H and O–H groups in total. The molecule has 0 saturated carbocycles. The van der Waals surface area contributed by atoms with Gasteiger partial charge >= 0.3 is 0 Å². The van der Waals surface area contributed by atoms with E-state index in [1.54, 1.807) is 18.2 Å². The number of rotatable bonds is 6. The van der Waals surface area contributed by atoms with Crippen molar-refractivity contribution in [1.29, 1.82) is 0 Å². The lowest BCUT2D eigenvalue weighted by atomic mass is 10.1. The minimum Gasteiger partial charge on any atom is -0.324 e. The van der Waals surface area contributed by atoms with Gasteiger partial charge in [-0.15, -0.1) is 0 Å². The zero-order valence-corrected chi connectivity index (χ0v) is 18.6.